The van der Waals surface area contributed by atoms with Crippen LogP contribution in [0.5, 0.6) is 5.75 Å². The molecule has 37 heavy (non-hydrogen) atoms. The van der Waals surface area contributed by atoms with Crippen LogP contribution >= 0.6 is 0 Å². The fourth-order valence-electron chi connectivity index (χ4n) is 4.06. The lowest BCUT2D eigenvalue weighted by Crippen LogP contribution is -2.18. The molecule has 6 nitrogen and oxygen atoms in total. The summed E-state index contributed by atoms with van der Waals surface area (Å²) in [6, 6.07) is 35.7. The lowest BCUT2D eigenvalue weighted by atomic mass is 10.0. The average molecular weight is 487 g/mol. The van der Waals surface area contributed by atoms with E-state index in [0.717, 1.165) is 44.9 Å². The number of hydrazone groups is 1. The van der Waals surface area contributed by atoms with Crippen molar-refractivity contribution in [1.29, 1.82) is 0 Å². The van der Waals surface area contributed by atoms with Gasteiger partial charge in [0.15, 0.2) is 5.69 Å². The van der Waals surface area contributed by atoms with Gasteiger partial charge in [0.05, 0.1) is 24.7 Å². The molecule has 0 bridgehead atoms. The maximum Gasteiger partial charge on any atom is 0.291 e. The van der Waals surface area contributed by atoms with E-state index in [2.05, 4.69) is 52.0 Å². The van der Waals surface area contributed by atoms with Gasteiger partial charge in [0.25, 0.3) is 5.91 Å². The van der Waals surface area contributed by atoms with Crippen molar-refractivity contribution < 1.29 is 9.53 Å². The summed E-state index contributed by atoms with van der Waals surface area (Å²) in [5, 5.41) is 8.77. The Kier molecular flexibility index (Phi) is 6.90. The van der Waals surface area contributed by atoms with Gasteiger partial charge in [-0.05, 0) is 65.6 Å². The summed E-state index contributed by atoms with van der Waals surface area (Å²) in [7, 11) is 1.62. The number of rotatable bonds is 7. The minimum Gasteiger partial charge on any atom is -0.497 e. The van der Waals surface area contributed by atoms with E-state index in [1.54, 1.807) is 19.4 Å². The first kappa shape index (κ1) is 23.8. The molecule has 0 aliphatic rings. The summed E-state index contributed by atoms with van der Waals surface area (Å²) in [5.41, 5.74) is 9.71. The van der Waals surface area contributed by atoms with Crippen molar-refractivity contribution in [3.05, 3.63) is 126 Å². The zero-order chi connectivity index (χ0) is 25.6. The highest BCUT2D eigenvalue weighted by molar-refractivity contribution is 5.94. The van der Waals surface area contributed by atoms with E-state index in [1.807, 2.05) is 78.3 Å². The molecule has 0 saturated carbocycles. The number of ether oxygens (including phenoxy) is 1. The van der Waals surface area contributed by atoms with Gasteiger partial charge in [-0.15, -0.1) is 0 Å². The molecule has 0 saturated heterocycles. The second-order valence-corrected chi connectivity index (χ2v) is 8.53. The molecule has 182 valence electrons. The summed E-state index contributed by atoms with van der Waals surface area (Å²) in [6.07, 6.45) is 1.58. The Morgan fingerprint density at radius 1 is 0.838 bits per heavy atom. The molecule has 1 heterocycles. The summed E-state index contributed by atoms with van der Waals surface area (Å²) < 4.78 is 6.98. The van der Waals surface area contributed by atoms with E-state index in [-0.39, 0.29) is 11.6 Å². The number of benzene rings is 4. The van der Waals surface area contributed by atoms with Gasteiger partial charge in [-0.2, -0.15) is 10.2 Å². The molecule has 5 aromatic rings. The van der Waals surface area contributed by atoms with E-state index in [4.69, 9.17) is 4.74 Å². The SMILES string of the molecule is COc1ccc(/C=N\NC(=O)c2cc(-c3ccc(-c4ccccc4)cc3)n(-c3ccccc3C)n2)cc1. The lowest BCUT2D eigenvalue weighted by Gasteiger charge is -2.11. The number of hydrogen-bond acceptors (Lipinski definition) is 4. The smallest absolute Gasteiger partial charge is 0.291 e. The van der Waals surface area contributed by atoms with Gasteiger partial charge < -0.3 is 4.74 Å². The van der Waals surface area contributed by atoms with Crippen LogP contribution in [0.3, 0.4) is 0 Å². The third kappa shape index (κ3) is 5.33. The number of amides is 1. The molecule has 4 aromatic carbocycles. The maximum absolute atomic E-state index is 13.0. The maximum atomic E-state index is 13.0. The summed E-state index contributed by atoms with van der Waals surface area (Å²) in [4.78, 5) is 13.0. The van der Waals surface area contributed by atoms with Gasteiger partial charge >= 0.3 is 0 Å². The van der Waals surface area contributed by atoms with Crippen LogP contribution in [0.2, 0.25) is 0 Å². The minimum atomic E-state index is -0.390. The van der Waals surface area contributed by atoms with Crippen molar-refractivity contribution >= 4 is 12.1 Å². The predicted molar refractivity (Wildman–Crippen MR) is 147 cm³/mol. The number of nitrogens with one attached hydrogen (secondary N) is 1. The van der Waals surface area contributed by atoms with Crippen molar-refractivity contribution in [3.63, 3.8) is 0 Å². The molecule has 0 aliphatic heterocycles. The van der Waals surface area contributed by atoms with Crippen LogP contribution in [0.1, 0.15) is 21.6 Å². The van der Waals surface area contributed by atoms with E-state index in [9.17, 15) is 4.79 Å². The van der Waals surface area contributed by atoms with Gasteiger partial charge in [-0.25, -0.2) is 10.1 Å². The van der Waals surface area contributed by atoms with Crippen molar-refractivity contribution in [2.75, 3.05) is 7.11 Å². The van der Waals surface area contributed by atoms with Crippen LogP contribution in [0.25, 0.3) is 28.1 Å². The third-order valence-electron chi connectivity index (χ3n) is 6.07. The highest BCUT2D eigenvalue weighted by Gasteiger charge is 2.17. The Morgan fingerprint density at radius 3 is 2.19 bits per heavy atom. The van der Waals surface area contributed by atoms with Gasteiger partial charge in [-0.1, -0.05) is 72.8 Å². The van der Waals surface area contributed by atoms with Gasteiger partial charge in [0.1, 0.15) is 5.75 Å². The number of nitrogens with zero attached hydrogens (tertiary/aromatic N) is 3. The van der Waals surface area contributed by atoms with Crippen molar-refractivity contribution in [1.82, 2.24) is 15.2 Å². The first-order chi connectivity index (χ1) is 18.1. The quantitative estimate of drug-likeness (QED) is 0.217. The number of methoxy groups -OCH3 is 1. The van der Waals surface area contributed by atoms with Gasteiger partial charge in [0.2, 0.25) is 0 Å². The Morgan fingerprint density at radius 2 is 1.49 bits per heavy atom. The molecule has 0 atom stereocenters. The van der Waals surface area contributed by atoms with Crippen LogP contribution in [0.4, 0.5) is 0 Å². The molecule has 5 rings (SSSR count). The van der Waals surface area contributed by atoms with Crippen LogP contribution in [0, 0.1) is 6.92 Å². The molecule has 1 aromatic heterocycles. The fourth-order valence-corrected chi connectivity index (χ4v) is 4.06. The summed E-state index contributed by atoms with van der Waals surface area (Å²) >= 11 is 0. The molecule has 0 fully saturated rings. The highest BCUT2D eigenvalue weighted by atomic mass is 16.5. The number of aromatic nitrogens is 2. The number of hydrogen-bond donors (Lipinski definition) is 1. The molecule has 0 radical (unpaired) electrons. The number of para-hydroxylation sites is 1. The molecule has 6 heteroatoms. The summed E-state index contributed by atoms with van der Waals surface area (Å²) in [5.74, 6) is 0.367. The minimum absolute atomic E-state index is 0.275. The first-order valence-corrected chi connectivity index (χ1v) is 11.9. The number of carbonyl (C=O) groups is 1. The largest absolute Gasteiger partial charge is 0.497 e. The van der Waals surface area contributed by atoms with Crippen LogP contribution in [0.15, 0.2) is 114 Å². The van der Waals surface area contributed by atoms with Crippen molar-refractivity contribution in [2.45, 2.75) is 6.92 Å². The zero-order valence-corrected chi connectivity index (χ0v) is 20.6. The molecule has 1 amide bonds. The summed E-state index contributed by atoms with van der Waals surface area (Å²) in [6.45, 7) is 2.03. The van der Waals surface area contributed by atoms with Gasteiger partial charge in [0, 0.05) is 5.56 Å². The zero-order valence-electron chi connectivity index (χ0n) is 20.6. The molecule has 0 unspecified atom stereocenters. The Hall–Kier alpha value is -4.97. The predicted octanol–water partition coefficient (Wildman–Crippen LogP) is 6.29. The topological polar surface area (TPSA) is 68.5 Å². The standard InChI is InChI=1S/C31H26N4O2/c1-22-8-6-7-11-29(22)35-30(26-16-14-25(15-17-26)24-9-4-3-5-10-24)20-28(34-35)31(36)33-32-21-23-12-18-27(37-2)19-13-23/h3-21H,1-2H3,(H,33,36)/b32-21-. The van der Waals surface area contributed by atoms with Crippen molar-refractivity contribution in [3.8, 4) is 33.8 Å². The van der Waals surface area contributed by atoms with Crippen LogP contribution in [-0.2, 0) is 0 Å². The number of carbonyl (C=O) groups excluding carboxylic acids is 1. The van der Waals surface area contributed by atoms with Crippen LogP contribution in [-0.4, -0.2) is 29.0 Å². The van der Waals surface area contributed by atoms with E-state index in [0.29, 0.717) is 0 Å². The molecule has 1 N–H and O–H groups in total. The fraction of sp³-hybridized carbons (Fsp3) is 0.0645. The molecule has 0 spiro atoms. The van der Waals surface area contributed by atoms with E-state index < -0.39 is 0 Å². The highest BCUT2D eigenvalue weighted by Crippen LogP contribution is 2.28. The Labute approximate surface area is 215 Å². The number of aryl methyl sites for hydroxylation is 1. The lowest BCUT2D eigenvalue weighted by molar-refractivity contribution is 0.0949. The average Bonchev–Trinajstić information content (AvgIpc) is 3.40. The third-order valence-corrected chi connectivity index (χ3v) is 6.07. The van der Waals surface area contributed by atoms with Gasteiger partial charge in [-0.3, -0.25) is 4.79 Å². The second-order valence-electron chi connectivity index (χ2n) is 8.53. The van der Waals surface area contributed by atoms with E-state index in [1.165, 1.54) is 0 Å². The second kappa shape index (κ2) is 10.7. The van der Waals surface area contributed by atoms with Crippen LogP contribution < -0.4 is 10.2 Å². The molecular formula is C31H26N4O2. The molecular weight excluding hydrogens is 460 g/mol. The molecule has 0 aliphatic carbocycles. The monoisotopic (exact) mass is 486 g/mol. The van der Waals surface area contributed by atoms with E-state index >= 15 is 0 Å². The Bertz CT molecular complexity index is 1540. The van der Waals surface area contributed by atoms with Crippen molar-refractivity contribution in [2.24, 2.45) is 5.10 Å². The normalized spacial score (nSPS) is 11.0. The Balaban J connectivity index is 1.44. The first-order valence-electron chi connectivity index (χ1n) is 11.9.